The van der Waals surface area contributed by atoms with Crippen LogP contribution in [0.1, 0.15) is 63.7 Å². The standard InChI is InChI=1S/C23H34N4O4S/c1-13(2)32-20-16(12-24-27(20)7-6-22(3,4)26-21(29)31-5)19(28)25-18-15-8-14-9-17(18)23(30,10-14)11-15/h6-7,12-15,17-18,30H,8-11H2,1-5H3,(H,25,28)(H,26,29)/b7-6+/t14?,15?,17?,18-,23-/m1/s1. The summed E-state index contributed by atoms with van der Waals surface area (Å²) >= 11 is 1.57. The molecule has 4 aliphatic carbocycles. The number of alkyl carbamates (subject to hydrolysis) is 1. The number of nitrogens with one attached hydrogen (secondary N) is 2. The van der Waals surface area contributed by atoms with Gasteiger partial charge in [0.25, 0.3) is 5.91 Å². The number of hydrogen-bond acceptors (Lipinski definition) is 6. The largest absolute Gasteiger partial charge is 0.453 e. The molecule has 4 fully saturated rings. The molecule has 4 bridgehead atoms. The SMILES string of the molecule is COC(=O)NC(C)(C)/C=C/n1ncc(C(=O)N[C@@H]2C3CC4CC2[C@@](O)(C4)C3)c1SC(C)C. The van der Waals surface area contributed by atoms with E-state index < -0.39 is 17.2 Å². The molecule has 4 aliphatic rings. The van der Waals surface area contributed by atoms with Crippen LogP contribution in [0.4, 0.5) is 4.79 Å². The third-order valence-corrected chi connectivity index (χ3v) is 8.10. The van der Waals surface area contributed by atoms with Crippen LogP contribution >= 0.6 is 11.8 Å². The number of aliphatic hydroxyl groups is 1. The second-order valence-electron chi connectivity index (χ2n) is 10.3. The van der Waals surface area contributed by atoms with Crippen LogP contribution in [0.3, 0.4) is 0 Å². The van der Waals surface area contributed by atoms with E-state index in [0.29, 0.717) is 17.4 Å². The zero-order valence-corrected chi connectivity index (χ0v) is 20.2. The third kappa shape index (κ3) is 4.41. The molecule has 0 aromatic carbocycles. The summed E-state index contributed by atoms with van der Waals surface area (Å²) in [7, 11) is 1.32. The fourth-order valence-electron chi connectivity index (χ4n) is 5.79. The van der Waals surface area contributed by atoms with Crippen molar-refractivity contribution >= 4 is 30.0 Å². The Hall–Kier alpha value is -2.00. The Labute approximate surface area is 193 Å². The number of aromatic nitrogens is 2. The second kappa shape index (κ2) is 8.41. The van der Waals surface area contributed by atoms with Gasteiger partial charge in [-0.05, 0) is 57.4 Å². The molecule has 5 atom stereocenters. The van der Waals surface area contributed by atoms with E-state index >= 15 is 0 Å². The Morgan fingerprint density at radius 2 is 2.12 bits per heavy atom. The topological polar surface area (TPSA) is 105 Å². The molecule has 0 spiro atoms. The monoisotopic (exact) mass is 462 g/mol. The van der Waals surface area contributed by atoms with Gasteiger partial charge in [-0.3, -0.25) is 4.79 Å². The van der Waals surface area contributed by atoms with Gasteiger partial charge in [-0.2, -0.15) is 5.10 Å². The fourth-order valence-corrected chi connectivity index (χ4v) is 6.72. The maximum absolute atomic E-state index is 13.3. The highest BCUT2D eigenvalue weighted by Gasteiger charge is 2.62. The summed E-state index contributed by atoms with van der Waals surface area (Å²) in [5.74, 6) is 1.00. The minimum Gasteiger partial charge on any atom is -0.453 e. The molecule has 1 heterocycles. The molecule has 3 unspecified atom stereocenters. The molecule has 176 valence electrons. The first-order chi connectivity index (χ1) is 15.0. The molecule has 9 heteroatoms. The minimum absolute atomic E-state index is 0.0326. The smallest absolute Gasteiger partial charge is 0.407 e. The van der Waals surface area contributed by atoms with Gasteiger partial charge in [0.15, 0.2) is 0 Å². The Morgan fingerprint density at radius 3 is 2.78 bits per heavy atom. The van der Waals surface area contributed by atoms with Crippen LogP contribution < -0.4 is 10.6 Å². The van der Waals surface area contributed by atoms with Crippen molar-refractivity contribution in [3.8, 4) is 0 Å². The number of nitrogens with zero attached hydrogens (tertiary/aromatic N) is 2. The van der Waals surface area contributed by atoms with Gasteiger partial charge in [0.1, 0.15) is 5.03 Å². The number of ether oxygens (including phenoxy) is 1. The molecule has 4 saturated carbocycles. The van der Waals surface area contributed by atoms with Crippen molar-refractivity contribution in [2.75, 3.05) is 7.11 Å². The van der Waals surface area contributed by atoms with Crippen molar-refractivity contribution in [3.05, 3.63) is 17.8 Å². The Kier molecular flexibility index (Phi) is 6.09. The number of carbonyl (C=O) groups is 2. The third-order valence-electron chi connectivity index (χ3n) is 6.99. The van der Waals surface area contributed by atoms with E-state index in [9.17, 15) is 14.7 Å². The van der Waals surface area contributed by atoms with Gasteiger partial charge in [0, 0.05) is 23.4 Å². The van der Waals surface area contributed by atoms with Crippen molar-refractivity contribution in [2.45, 2.75) is 80.8 Å². The Morgan fingerprint density at radius 1 is 1.38 bits per heavy atom. The van der Waals surface area contributed by atoms with Crippen molar-refractivity contribution in [1.29, 1.82) is 0 Å². The molecule has 1 aromatic heterocycles. The van der Waals surface area contributed by atoms with E-state index in [0.717, 1.165) is 30.7 Å². The molecule has 3 N–H and O–H groups in total. The first kappa shape index (κ1) is 23.2. The molecule has 32 heavy (non-hydrogen) atoms. The van der Waals surface area contributed by atoms with Gasteiger partial charge in [-0.1, -0.05) is 13.8 Å². The van der Waals surface area contributed by atoms with Crippen LogP contribution in [0.2, 0.25) is 0 Å². The highest BCUT2D eigenvalue weighted by Crippen LogP contribution is 2.60. The van der Waals surface area contributed by atoms with Crippen molar-refractivity contribution in [2.24, 2.45) is 17.8 Å². The Balaban J connectivity index is 1.53. The molecule has 0 radical (unpaired) electrons. The molecule has 8 nitrogen and oxygen atoms in total. The average molecular weight is 463 g/mol. The van der Waals surface area contributed by atoms with Crippen LogP contribution in [-0.2, 0) is 4.74 Å². The van der Waals surface area contributed by atoms with E-state index in [4.69, 9.17) is 0 Å². The summed E-state index contributed by atoms with van der Waals surface area (Å²) in [4.78, 5) is 24.9. The van der Waals surface area contributed by atoms with Gasteiger partial charge in [0.05, 0.1) is 30.0 Å². The lowest BCUT2D eigenvalue weighted by atomic mass is 9.79. The molecular weight excluding hydrogens is 428 g/mol. The van der Waals surface area contributed by atoms with E-state index in [2.05, 4.69) is 34.3 Å². The number of methoxy groups -OCH3 is 1. The summed E-state index contributed by atoms with van der Waals surface area (Å²) in [5, 5.41) is 22.4. The summed E-state index contributed by atoms with van der Waals surface area (Å²) in [6.07, 6.45) is 8.46. The number of hydrogen-bond donors (Lipinski definition) is 3. The van der Waals surface area contributed by atoms with Gasteiger partial charge >= 0.3 is 6.09 Å². The van der Waals surface area contributed by atoms with Gasteiger partial charge < -0.3 is 20.5 Å². The van der Waals surface area contributed by atoms with Crippen molar-refractivity contribution in [1.82, 2.24) is 20.4 Å². The van der Waals surface area contributed by atoms with E-state index in [1.807, 2.05) is 19.9 Å². The lowest BCUT2D eigenvalue weighted by molar-refractivity contribution is 0.00901. The van der Waals surface area contributed by atoms with E-state index in [1.54, 1.807) is 28.8 Å². The quantitative estimate of drug-likeness (QED) is 0.537. The summed E-state index contributed by atoms with van der Waals surface area (Å²) in [5.41, 5.74) is -0.707. The molecule has 2 amide bonds. The predicted molar refractivity (Wildman–Crippen MR) is 123 cm³/mol. The lowest BCUT2D eigenvalue weighted by Crippen LogP contribution is -2.45. The zero-order valence-electron chi connectivity index (χ0n) is 19.4. The molecule has 1 aromatic rings. The zero-order chi connectivity index (χ0) is 23.3. The first-order valence-corrected chi connectivity index (χ1v) is 12.2. The second-order valence-corrected chi connectivity index (χ2v) is 11.9. The van der Waals surface area contributed by atoms with Crippen LogP contribution in [0, 0.1) is 17.8 Å². The normalized spacial score (nSPS) is 31.0. The van der Waals surface area contributed by atoms with Gasteiger partial charge in [-0.25, -0.2) is 9.48 Å². The minimum atomic E-state index is -0.654. The number of rotatable bonds is 7. The number of amides is 2. The van der Waals surface area contributed by atoms with Crippen LogP contribution in [-0.4, -0.2) is 56.4 Å². The molecule has 0 saturated heterocycles. The maximum atomic E-state index is 13.3. The molecular formula is C23H34N4O4S. The van der Waals surface area contributed by atoms with Crippen LogP contribution in [0.15, 0.2) is 17.3 Å². The van der Waals surface area contributed by atoms with E-state index in [1.165, 1.54) is 7.11 Å². The van der Waals surface area contributed by atoms with Crippen molar-refractivity contribution < 1.29 is 19.4 Å². The van der Waals surface area contributed by atoms with Crippen LogP contribution in [0.25, 0.3) is 6.20 Å². The number of thioether (sulfide) groups is 1. The lowest BCUT2D eigenvalue weighted by Gasteiger charge is -2.32. The fraction of sp³-hybridized carbons (Fsp3) is 0.696. The van der Waals surface area contributed by atoms with Gasteiger partial charge in [0.2, 0.25) is 0 Å². The molecule has 5 rings (SSSR count). The van der Waals surface area contributed by atoms with Crippen molar-refractivity contribution in [3.63, 3.8) is 0 Å². The average Bonchev–Trinajstić information content (AvgIpc) is 3.25. The maximum Gasteiger partial charge on any atom is 0.407 e. The molecule has 0 aliphatic heterocycles. The summed E-state index contributed by atoms with van der Waals surface area (Å²) < 4.78 is 6.36. The van der Waals surface area contributed by atoms with Gasteiger partial charge in [-0.15, -0.1) is 11.8 Å². The summed E-state index contributed by atoms with van der Waals surface area (Å²) in [6, 6.07) is 0.0326. The summed E-state index contributed by atoms with van der Waals surface area (Å²) in [6.45, 7) is 7.84. The van der Waals surface area contributed by atoms with Crippen LogP contribution in [0.5, 0.6) is 0 Å². The number of carbonyl (C=O) groups excluding carboxylic acids is 2. The highest BCUT2D eigenvalue weighted by atomic mass is 32.2. The highest BCUT2D eigenvalue weighted by molar-refractivity contribution is 7.99. The van der Waals surface area contributed by atoms with E-state index in [-0.39, 0.29) is 23.1 Å². The predicted octanol–water partition coefficient (Wildman–Crippen LogP) is 3.27. The Bertz CT molecular complexity index is 927. The first-order valence-electron chi connectivity index (χ1n) is 11.3.